The van der Waals surface area contributed by atoms with Crippen molar-refractivity contribution < 1.29 is 22.9 Å². The summed E-state index contributed by atoms with van der Waals surface area (Å²) in [5, 5.41) is 0.616. The molecule has 0 N–H and O–H groups in total. The molecule has 0 bridgehead atoms. The van der Waals surface area contributed by atoms with Crippen molar-refractivity contribution in [2.75, 3.05) is 4.90 Å². The van der Waals surface area contributed by atoms with Crippen molar-refractivity contribution >= 4 is 31.1 Å². The third kappa shape index (κ3) is 4.30. The van der Waals surface area contributed by atoms with Crippen molar-refractivity contribution in [1.82, 2.24) is 0 Å². The average molecular weight is 437 g/mol. The maximum atomic E-state index is 13.4. The van der Waals surface area contributed by atoms with Gasteiger partial charge in [-0.05, 0) is 72.6 Å². The molecule has 0 aliphatic carbocycles. The fourth-order valence-corrected chi connectivity index (χ4v) is 4.17. The molecule has 0 aromatic heterocycles. The lowest BCUT2D eigenvalue weighted by Crippen LogP contribution is -2.55. The van der Waals surface area contributed by atoms with Crippen LogP contribution in [0.4, 0.5) is 14.5 Å². The number of β-lactam (4-membered cyclic amide) rings is 1. The van der Waals surface area contributed by atoms with Crippen LogP contribution in [0.3, 0.4) is 0 Å². The number of halogens is 2. The second-order valence-corrected chi connectivity index (χ2v) is 8.09. The third-order valence-electron chi connectivity index (χ3n) is 5.51. The van der Waals surface area contributed by atoms with Crippen LogP contribution in [-0.4, -0.2) is 11.7 Å². The van der Waals surface area contributed by atoms with Crippen LogP contribution >= 0.6 is 8.46 Å². The van der Waals surface area contributed by atoms with Gasteiger partial charge >= 0.3 is 0 Å². The van der Waals surface area contributed by atoms with Gasteiger partial charge in [0.2, 0.25) is 5.91 Å². The van der Waals surface area contributed by atoms with Crippen LogP contribution in [0.1, 0.15) is 34.8 Å². The molecule has 2 unspecified atom stereocenters. The standard InChI is InChI=1S/C24H18F2NO3P/c25-17-5-1-15(2-6-17)22(28)14-13-21-23(16-3-11-20(31-30)12-4-16)27(24(21)29)19-9-7-18(26)8-10-19/h1-12,21,23H,13-14H2. The van der Waals surface area contributed by atoms with Crippen molar-refractivity contribution in [2.45, 2.75) is 18.9 Å². The summed E-state index contributed by atoms with van der Waals surface area (Å²) in [4.78, 5) is 27.1. The van der Waals surface area contributed by atoms with E-state index in [-0.39, 0.29) is 32.6 Å². The van der Waals surface area contributed by atoms with Gasteiger partial charge in [-0.25, -0.2) is 8.78 Å². The second-order valence-electron chi connectivity index (χ2n) is 7.39. The number of carbonyl (C=O) groups is 2. The van der Waals surface area contributed by atoms with Gasteiger partial charge in [0.25, 0.3) is 0 Å². The van der Waals surface area contributed by atoms with Crippen LogP contribution in [0.2, 0.25) is 0 Å². The molecule has 4 nitrogen and oxygen atoms in total. The molecule has 1 fully saturated rings. The van der Waals surface area contributed by atoms with Crippen LogP contribution in [0.15, 0.2) is 72.8 Å². The van der Waals surface area contributed by atoms with Gasteiger partial charge in [-0.15, -0.1) is 0 Å². The average Bonchev–Trinajstić information content (AvgIpc) is 2.79. The summed E-state index contributed by atoms with van der Waals surface area (Å²) < 4.78 is 37.5. The summed E-state index contributed by atoms with van der Waals surface area (Å²) >= 11 is 0. The minimum absolute atomic E-state index is 0.0934. The van der Waals surface area contributed by atoms with E-state index in [2.05, 4.69) is 0 Å². The molecular formula is C24H18F2NO3P. The summed E-state index contributed by atoms with van der Waals surface area (Å²) in [6.07, 6.45) is 0.478. The summed E-state index contributed by atoms with van der Waals surface area (Å²) in [6, 6.07) is 17.8. The van der Waals surface area contributed by atoms with Gasteiger partial charge in [-0.3, -0.25) is 14.2 Å². The molecule has 3 aromatic carbocycles. The molecule has 0 saturated carbocycles. The molecule has 3 aromatic rings. The number of Topliss-reactive ketones (excluding diaryl/α,β-unsaturated/α-hetero) is 1. The van der Waals surface area contributed by atoms with E-state index in [0.29, 0.717) is 23.0 Å². The number of hydrogen-bond acceptors (Lipinski definition) is 3. The molecule has 2 atom stereocenters. The highest BCUT2D eigenvalue weighted by Gasteiger charge is 2.48. The van der Waals surface area contributed by atoms with E-state index in [1.54, 1.807) is 29.2 Å². The molecule has 1 aliphatic heterocycles. The van der Waals surface area contributed by atoms with Crippen molar-refractivity contribution in [2.24, 2.45) is 5.92 Å². The third-order valence-corrected chi connectivity index (χ3v) is 6.02. The lowest BCUT2D eigenvalue weighted by molar-refractivity contribution is -0.130. The highest BCUT2D eigenvalue weighted by Crippen LogP contribution is 2.45. The minimum atomic E-state index is -0.426. The van der Waals surface area contributed by atoms with Gasteiger partial charge in [0, 0.05) is 23.0 Å². The van der Waals surface area contributed by atoms with Gasteiger partial charge in [-0.2, -0.15) is 0 Å². The van der Waals surface area contributed by atoms with E-state index in [1.807, 2.05) is 12.1 Å². The first-order valence-corrected chi connectivity index (χ1v) is 10.6. The fourth-order valence-electron chi connectivity index (χ4n) is 3.90. The van der Waals surface area contributed by atoms with Gasteiger partial charge in [0.1, 0.15) is 11.6 Å². The Morgan fingerprint density at radius 3 is 2.03 bits per heavy atom. The van der Waals surface area contributed by atoms with Crippen molar-refractivity contribution in [3.8, 4) is 0 Å². The Bertz CT molecular complexity index is 1120. The molecule has 1 heterocycles. The largest absolute Gasteiger partial charge is 0.304 e. The number of ketones is 1. The van der Waals surface area contributed by atoms with Crippen LogP contribution in [0.5, 0.6) is 0 Å². The van der Waals surface area contributed by atoms with Crippen LogP contribution in [0.25, 0.3) is 0 Å². The first-order valence-electron chi connectivity index (χ1n) is 9.78. The number of nitrogens with zero attached hydrogens (tertiary/aromatic N) is 1. The van der Waals surface area contributed by atoms with Gasteiger partial charge in [-0.1, -0.05) is 12.1 Å². The molecule has 7 heteroatoms. The van der Waals surface area contributed by atoms with E-state index in [4.69, 9.17) is 0 Å². The highest BCUT2D eigenvalue weighted by atomic mass is 31.1. The van der Waals surface area contributed by atoms with E-state index < -0.39 is 17.6 Å². The van der Waals surface area contributed by atoms with Crippen molar-refractivity contribution in [3.05, 3.63) is 95.6 Å². The Morgan fingerprint density at radius 2 is 1.45 bits per heavy atom. The summed E-state index contributed by atoms with van der Waals surface area (Å²) in [5.41, 5.74) is 1.82. The predicted octanol–water partition coefficient (Wildman–Crippen LogP) is 5.25. The van der Waals surface area contributed by atoms with Crippen LogP contribution < -0.4 is 10.2 Å². The molecule has 156 valence electrons. The minimum Gasteiger partial charge on any atom is -0.304 e. The lowest BCUT2D eigenvalue weighted by Gasteiger charge is -2.47. The van der Waals surface area contributed by atoms with Crippen LogP contribution in [0, 0.1) is 17.6 Å². The molecule has 1 aliphatic rings. The lowest BCUT2D eigenvalue weighted by atomic mass is 9.78. The number of rotatable bonds is 7. The number of anilines is 1. The quantitative estimate of drug-likeness (QED) is 0.288. The molecule has 0 radical (unpaired) electrons. The summed E-state index contributed by atoms with van der Waals surface area (Å²) in [5.74, 6) is -1.54. The van der Waals surface area contributed by atoms with Crippen molar-refractivity contribution in [1.29, 1.82) is 0 Å². The molecule has 31 heavy (non-hydrogen) atoms. The molecule has 0 spiro atoms. The smallest absolute Gasteiger partial charge is 0.233 e. The molecule has 1 amide bonds. The van der Waals surface area contributed by atoms with Crippen LogP contribution in [-0.2, 0) is 9.36 Å². The fraction of sp³-hybridized carbons (Fsp3) is 0.167. The zero-order valence-corrected chi connectivity index (χ0v) is 17.3. The van der Waals surface area contributed by atoms with E-state index in [1.165, 1.54) is 36.4 Å². The maximum absolute atomic E-state index is 13.4. The Balaban J connectivity index is 1.56. The first-order chi connectivity index (χ1) is 15.0. The maximum Gasteiger partial charge on any atom is 0.233 e. The molecule has 4 rings (SSSR count). The second kappa shape index (κ2) is 8.86. The number of benzene rings is 3. The Labute approximate surface area is 179 Å². The molecular weight excluding hydrogens is 419 g/mol. The first kappa shape index (κ1) is 21.0. The predicted molar refractivity (Wildman–Crippen MR) is 114 cm³/mol. The summed E-state index contributed by atoms with van der Waals surface area (Å²) in [7, 11) is -0.0934. The summed E-state index contributed by atoms with van der Waals surface area (Å²) in [6.45, 7) is 0. The normalized spacial score (nSPS) is 18.1. The number of amides is 1. The topological polar surface area (TPSA) is 54.5 Å². The van der Waals surface area contributed by atoms with Gasteiger partial charge in [0.15, 0.2) is 14.2 Å². The van der Waals surface area contributed by atoms with E-state index in [0.717, 1.165) is 5.56 Å². The highest BCUT2D eigenvalue weighted by molar-refractivity contribution is 7.34. The SMILES string of the molecule is O=Pc1ccc(C2C(CCC(=O)c3ccc(F)cc3)C(=O)N2c2ccc(F)cc2)cc1. The Morgan fingerprint density at radius 1 is 0.871 bits per heavy atom. The Hall–Kier alpha value is -3.24. The zero-order valence-electron chi connectivity index (χ0n) is 16.4. The number of carbonyl (C=O) groups excluding carboxylic acids is 2. The van der Waals surface area contributed by atoms with E-state index >= 15 is 0 Å². The zero-order chi connectivity index (χ0) is 22.0. The number of hydrogen-bond donors (Lipinski definition) is 0. The Kier molecular flexibility index (Phi) is 6.01. The van der Waals surface area contributed by atoms with Gasteiger partial charge < -0.3 is 4.90 Å². The monoisotopic (exact) mass is 437 g/mol. The van der Waals surface area contributed by atoms with E-state index in [9.17, 15) is 22.9 Å². The van der Waals surface area contributed by atoms with Gasteiger partial charge in [0.05, 0.1) is 12.0 Å². The molecule has 1 saturated heterocycles. The van der Waals surface area contributed by atoms with Crippen molar-refractivity contribution in [3.63, 3.8) is 0 Å².